The Kier molecular flexibility index (Phi) is 4.15. The van der Waals surface area contributed by atoms with E-state index in [0.717, 1.165) is 11.4 Å². The quantitative estimate of drug-likeness (QED) is 0.553. The summed E-state index contributed by atoms with van der Waals surface area (Å²) in [6.45, 7) is 0. The van der Waals surface area contributed by atoms with Gasteiger partial charge in [0, 0.05) is 11.4 Å². The number of benzene rings is 1. The van der Waals surface area contributed by atoms with Crippen LogP contribution in [0.15, 0.2) is 36.8 Å². The minimum atomic E-state index is -0.877. The molecule has 0 aliphatic heterocycles. The largest absolute Gasteiger partial charge is 0.352 e. The third-order valence-corrected chi connectivity index (χ3v) is 3.83. The highest BCUT2D eigenvalue weighted by Crippen LogP contribution is 2.26. The second-order valence-electron chi connectivity index (χ2n) is 4.21. The van der Waals surface area contributed by atoms with E-state index in [0.29, 0.717) is 10.8 Å². The Bertz CT molecular complexity index is 819. The maximum Gasteiger partial charge on any atom is 0.310 e. The van der Waals surface area contributed by atoms with Gasteiger partial charge < -0.3 is 5.32 Å². The zero-order valence-corrected chi connectivity index (χ0v) is 13.0. The summed E-state index contributed by atoms with van der Waals surface area (Å²) in [5, 5.41) is 3.56. The molecule has 5 nitrogen and oxygen atoms in total. The predicted molar refractivity (Wildman–Crippen MR) is 83.9 cm³/mol. The Hall–Kier alpha value is -1.89. The number of hydrogen-bond donors (Lipinski definition) is 1. The van der Waals surface area contributed by atoms with Gasteiger partial charge in [-0.3, -0.25) is 4.57 Å². The lowest BCUT2D eigenvalue weighted by atomic mass is 10.2. The van der Waals surface area contributed by atoms with Crippen LogP contribution < -0.4 is 5.32 Å². The highest BCUT2D eigenvalue weighted by atomic mass is 35.5. The molecule has 2 heterocycles. The zero-order chi connectivity index (χ0) is 15.7. The molecule has 3 rings (SSSR count). The molecule has 2 aromatic heterocycles. The van der Waals surface area contributed by atoms with E-state index >= 15 is 0 Å². The molecule has 3 aromatic rings. The maximum atomic E-state index is 12.8. The van der Waals surface area contributed by atoms with Gasteiger partial charge in [0.25, 0.3) is 0 Å². The number of rotatable bonds is 3. The number of imidazole rings is 1. The van der Waals surface area contributed by atoms with E-state index in [-0.39, 0.29) is 10.3 Å². The van der Waals surface area contributed by atoms with E-state index in [2.05, 4.69) is 20.3 Å². The monoisotopic (exact) mass is 357 g/mol. The summed E-state index contributed by atoms with van der Waals surface area (Å²) in [7, 11) is 0. The lowest BCUT2D eigenvalue weighted by Gasteiger charge is -2.09. The second-order valence-corrected chi connectivity index (χ2v) is 5.29. The van der Waals surface area contributed by atoms with Crippen LogP contribution >= 0.6 is 34.8 Å². The standard InChI is InChI=1S/C13H7Cl3FN5/c14-10-9(5-18-13(17)21-10)20-7-1-3-8(4-2-7)22-6-19-11(15)12(22)16/h1-6,20H. The lowest BCUT2D eigenvalue weighted by Crippen LogP contribution is -1.97. The molecule has 1 N–H and O–H groups in total. The summed E-state index contributed by atoms with van der Waals surface area (Å²) in [4.78, 5) is 10.8. The van der Waals surface area contributed by atoms with Crippen LogP contribution in [-0.4, -0.2) is 19.5 Å². The smallest absolute Gasteiger partial charge is 0.310 e. The number of aromatic nitrogens is 4. The Morgan fingerprint density at radius 1 is 1.00 bits per heavy atom. The van der Waals surface area contributed by atoms with Gasteiger partial charge in [-0.2, -0.15) is 9.37 Å². The van der Waals surface area contributed by atoms with Gasteiger partial charge in [0.15, 0.2) is 15.5 Å². The number of nitrogens with one attached hydrogen (secondary N) is 1. The molecule has 0 spiro atoms. The molecule has 0 aliphatic carbocycles. The van der Waals surface area contributed by atoms with Crippen molar-refractivity contribution in [2.45, 2.75) is 0 Å². The summed E-state index contributed by atoms with van der Waals surface area (Å²) in [5.41, 5.74) is 1.92. The van der Waals surface area contributed by atoms with Gasteiger partial charge in [-0.25, -0.2) is 9.97 Å². The van der Waals surface area contributed by atoms with Crippen molar-refractivity contribution in [3.63, 3.8) is 0 Å². The fraction of sp³-hybridized carbons (Fsp3) is 0. The molecular weight excluding hydrogens is 352 g/mol. The SMILES string of the molecule is Fc1ncc(Nc2ccc(-n3cnc(Cl)c3Cl)cc2)c(Cl)n1. The average molecular weight is 359 g/mol. The molecule has 22 heavy (non-hydrogen) atoms. The fourth-order valence-corrected chi connectivity index (χ4v) is 2.27. The summed E-state index contributed by atoms with van der Waals surface area (Å²) < 4.78 is 14.4. The molecule has 9 heteroatoms. The van der Waals surface area contributed by atoms with Gasteiger partial charge in [0.05, 0.1) is 11.9 Å². The van der Waals surface area contributed by atoms with Crippen molar-refractivity contribution in [2.24, 2.45) is 0 Å². The molecule has 0 saturated carbocycles. The van der Waals surface area contributed by atoms with E-state index in [1.807, 2.05) is 12.1 Å². The van der Waals surface area contributed by atoms with Crippen LogP contribution in [0, 0.1) is 6.08 Å². The number of nitrogens with zero attached hydrogens (tertiary/aromatic N) is 4. The van der Waals surface area contributed by atoms with Crippen LogP contribution in [0.5, 0.6) is 0 Å². The molecule has 0 bridgehead atoms. The van der Waals surface area contributed by atoms with Crippen molar-refractivity contribution in [1.82, 2.24) is 19.5 Å². The topological polar surface area (TPSA) is 55.6 Å². The molecule has 0 fully saturated rings. The first-order chi connectivity index (χ1) is 10.5. The zero-order valence-electron chi connectivity index (χ0n) is 10.8. The normalized spacial score (nSPS) is 10.7. The second kappa shape index (κ2) is 6.08. The Morgan fingerprint density at radius 2 is 1.73 bits per heavy atom. The van der Waals surface area contributed by atoms with Gasteiger partial charge in [-0.1, -0.05) is 34.8 Å². The number of halogens is 4. The number of anilines is 2. The van der Waals surface area contributed by atoms with Crippen LogP contribution in [0.2, 0.25) is 15.5 Å². The summed E-state index contributed by atoms with van der Waals surface area (Å²) in [5.74, 6) is 0. The van der Waals surface area contributed by atoms with Crippen LogP contribution in [-0.2, 0) is 0 Å². The molecule has 0 unspecified atom stereocenters. The van der Waals surface area contributed by atoms with Crippen molar-refractivity contribution < 1.29 is 4.39 Å². The summed E-state index contributed by atoms with van der Waals surface area (Å²) in [6.07, 6.45) is 1.92. The third kappa shape index (κ3) is 2.99. The Morgan fingerprint density at radius 3 is 2.32 bits per heavy atom. The lowest BCUT2D eigenvalue weighted by molar-refractivity contribution is 0.539. The number of hydrogen-bond acceptors (Lipinski definition) is 4. The van der Waals surface area contributed by atoms with Gasteiger partial charge in [0.1, 0.15) is 6.33 Å². The Balaban J connectivity index is 1.84. The van der Waals surface area contributed by atoms with Crippen molar-refractivity contribution in [1.29, 1.82) is 0 Å². The van der Waals surface area contributed by atoms with Gasteiger partial charge in [-0.05, 0) is 24.3 Å². The van der Waals surface area contributed by atoms with Crippen LogP contribution in [0.3, 0.4) is 0 Å². The van der Waals surface area contributed by atoms with Gasteiger partial charge in [-0.15, -0.1) is 0 Å². The highest BCUT2D eigenvalue weighted by molar-refractivity contribution is 6.40. The summed E-state index contributed by atoms with van der Waals surface area (Å²) in [6, 6.07) is 7.20. The Labute approximate surface area is 139 Å². The minimum absolute atomic E-state index is 0.000937. The van der Waals surface area contributed by atoms with Crippen molar-refractivity contribution >= 4 is 46.2 Å². The highest BCUT2D eigenvalue weighted by Gasteiger charge is 2.08. The molecule has 112 valence electrons. The van der Waals surface area contributed by atoms with E-state index in [9.17, 15) is 4.39 Å². The van der Waals surface area contributed by atoms with E-state index in [1.54, 1.807) is 16.7 Å². The van der Waals surface area contributed by atoms with Crippen LogP contribution in [0.4, 0.5) is 15.8 Å². The van der Waals surface area contributed by atoms with Crippen LogP contribution in [0.25, 0.3) is 5.69 Å². The van der Waals surface area contributed by atoms with Crippen molar-refractivity contribution in [2.75, 3.05) is 5.32 Å². The third-order valence-electron chi connectivity index (χ3n) is 2.81. The first-order valence-electron chi connectivity index (χ1n) is 5.98. The van der Waals surface area contributed by atoms with Crippen molar-refractivity contribution in [3.8, 4) is 5.69 Å². The molecule has 0 atom stereocenters. The van der Waals surface area contributed by atoms with Gasteiger partial charge >= 0.3 is 6.08 Å². The fourth-order valence-electron chi connectivity index (χ4n) is 1.78. The molecule has 0 amide bonds. The first-order valence-corrected chi connectivity index (χ1v) is 7.12. The van der Waals surface area contributed by atoms with Crippen molar-refractivity contribution in [3.05, 3.63) is 58.3 Å². The molecule has 1 aromatic carbocycles. The molecular formula is C13H7Cl3FN5. The average Bonchev–Trinajstić information content (AvgIpc) is 2.83. The predicted octanol–water partition coefficient (Wildman–Crippen LogP) is 4.51. The molecule has 0 aliphatic rings. The van der Waals surface area contributed by atoms with E-state index in [1.165, 1.54) is 12.5 Å². The van der Waals surface area contributed by atoms with Crippen LogP contribution in [0.1, 0.15) is 0 Å². The van der Waals surface area contributed by atoms with E-state index in [4.69, 9.17) is 34.8 Å². The van der Waals surface area contributed by atoms with Gasteiger partial charge in [0.2, 0.25) is 0 Å². The minimum Gasteiger partial charge on any atom is -0.352 e. The first kappa shape index (κ1) is 15.0. The maximum absolute atomic E-state index is 12.8. The molecule has 0 saturated heterocycles. The molecule has 0 radical (unpaired) electrons. The van der Waals surface area contributed by atoms with E-state index < -0.39 is 6.08 Å². The summed E-state index contributed by atoms with van der Waals surface area (Å²) >= 11 is 17.7.